The lowest BCUT2D eigenvalue weighted by Crippen LogP contribution is -2.53. The van der Waals surface area contributed by atoms with Gasteiger partial charge in [0.05, 0.1) is 6.61 Å². The molecule has 0 saturated carbocycles. The first-order valence-corrected chi connectivity index (χ1v) is 10.5. The van der Waals surface area contributed by atoms with Crippen molar-refractivity contribution >= 4 is 23.7 Å². The number of anilines is 1. The van der Waals surface area contributed by atoms with Crippen molar-refractivity contribution in [2.24, 2.45) is 5.92 Å². The summed E-state index contributed by atoms with van der Waals surface area (Å²) in [6, 6.07) is 5.08. The summed E-state index contributed by atoms with van der Waals surface area (Å²) in [5.74, 6) is -0.578. The molecule has 0 spiro atoms. The first-order chi connectivity index (χ1) is 14.0. The van der Waals surface area contributed by atoms with Crippen molar-refractivity contribution in [3.8, 4) is 0 Å². The highest BCUT2D eigenvalue weighted by Gasteiger charge is 2.39. The topological polar surface area (TPSA) is 84.9 Å². The Morgan fingerprint density at radius 3 is 2.37 bits per heavy atom. The van der Waals surface area contributed by atoms with Gasteiger partial charge in [0.1, 0.15) is 11.6 Å². The number of amides is 2. The number of nitrogens with one attached hydrogen (secondary N) is 1. The third kappa shape index (κ3) is 6.47. The first kappa shape index (κ1) is 23.7. The smallest absolute Gasteiger partial charge is 0.410 e. The van der Waals surface area contributed by atoms with Crippen LogP contribution in [0.1, 0.15) is 58.1 Å². The van der Waals surface area contributed by atoms with Gasteiger partial charge in [0.2, 0.25) is 5.91 Å². The van der Waals surface area contributed by atoms with Gasteiger partial charge in [-0.05, 0) is 71.4 Å². The van der Waals surface area contributed by atoms with Gasteiger partial charge in [0, 0.05) is 18.7 Å². The van der Waals surface area contributed by atoms with Crippen LogP contribution >= 0.6 is 0 Å². The molecular formula is C23H34N2O5. The predicted octanol–water partition coefficient (Wildman–Crippen LogP) is 4.21. The molecular weight excluding hydrogens is 384 g/mol. The van der Waals surface area contributed by atoms with E-state index in [0.717, 1.165) is 16.8 Å². The van der Waals surface area contributed by atoms with E-state index in [1.165, 1.54) is 4.90 Å². The maximum absolute atomic E-state index is 13.2. The number of rotatable bonds is 5. The van der Waals surface area contributed by atoms with Crippen molar-refractivity contribution in [2.45, 2.75) is 72.4 Å². The number of benzene rings is 1. The van der Waals surface area contributed by atoms with Crippen LogP contribution in [0.25, 0.3) is 0 Å². The number of ether oxygens (including phenoxy) is 2. The fourth-order valence-electron chi connectivity index (χ4n) is 3.69. The SMILES string of the molecule is CCOC(=O)CC1CCN(C(=O)OC(C)(C)C)[C@H](C(=O)Nc2c(C)cccc2C)C1. The van der Waals surface area contributed by atoms with E-state index in [4.69, 9.17) is 9.47 Å². The van der Waals surface area contributed by atoms with Gasteiger partial charge in [-0.1, -0.05) is 18.2 Å². The lowest BCUT2D eigenvalue weighted by atomic mass is 9.88. The lowest BCUT2D eigenvalue weighted by molar-refractivity contribution is -0.145. The van der Waals surface area contributed by atoms with E-state index in [1.807, 2.05) is 32.0 Å². The number of likely N-dealkylation sites (tertiary alicyclic amines) is 1. The molecule has 1 heterocycles. The number of carbonyl (C=O) groups is 3. The molecule has 1 saturated heterocycles. The minimum atomic E-state index is -0.716. The molecule has 2 rings (SSSR count). The van der Waals surface area contributed by atoms with E-state index in [0.29, 0.717) is 26.0 Å². The molecule has 1 aromatic rings. The Hall–Kier alpha value is -2.57. The van der Waals surface area contributed by atoms with Gasteiger partial charge in [0.25, 0.3) is 0 Å². The Balaban J connectivity index is 2.22. The summed E-state index contributed by atoms with van der Waals surface area (Å²) in [7, 11) is 0. The second-order valence-corrected chi connectivity index (χ2v) is 8.85. The Labute approximate surface area is 179 Å². The van der Waals surface area contributed by atoms with Crippen LogP contribution in [0.15, 0.2) is 18.2 Å². The number of piperidine rings is 1. The van der Waals surface area contributed by atoms with Gasteiger partial charge in [-0.3, -0.25) is 14.5 Å². The van der Waals surface area contributed by atoms with Crippen LogP contribution in [0.5, 0.6) is 0 Å². The van der Waals surface area contributed by atoms with Crippen molar-refractivity contribution in [1.82, 2.24) is 4.90 Å². The minimum Gasteiger partial charge on any atom is -0.466 e. The monoisotopic (exact) mass is 418 g/mol. The first-order valence-electron chi connectivity index (χ1n) is 10.5. The van der Waals surface area contributed by atoms with Crippen molar-refractivity contribution in [3.05, 3.63) is 29.3 Å². The lowest BCUT2D eigenvalue weighted by Gasteiger charge is -2.39. The quantitative estimate of drug-likeness (QED) is 0.724. The zero-order chi connectivity index (χ0) is 22.5. The summed E-state index contributed by atoms with van der Waals surface area (Å²) >= 11 is 0. The highest BCUT2D eigenvalue weighted by Crippen LogP contribution is 2.29. The summed E-state index contributed by atoms with van der Waals surface area (Å²) in [6.45, 7) is 11.7. The number of esters is 1. The Bertz CT molecular complexity index is 764. The molecule has 1 aromatic carbocycles. The van der Waals surface area contributed by atoms with Crippen LogP contribution in [0, 0.1) is 19.8 Å². The third-order valence-corrected chi connectivity index (χ3v) is 5.13. The summed E-state index contributed by atoms with van der Waals surface area (Å²) in [5, 5.41) is 2.99. The molecule has 2 amide bonds. The molecule has 7 heteroatoms. The molecule has 2 atom stereocenters. The molecule has 1 fully saturated rings. The summed E-state index contributed by atoms with van der Waals surface area (Å²) in [4.78, 5) is 39.4. The van der Waals surface area contributed by atoms with Crippen molar-refractivity contribution in [1.29, 1.82) is 0 Å². The fraction of sp³-hybridized carbons (Fsp3) is 0.609. The van der Waals surface area contributed by atoms with E-state index < -0.39 is 17.7 Å². The molecule has 30 heavy (non-hydrogen) atoms. The number of nitrogens with zero attached hydrogens (tertiary/aromatic N) is 1. The Morgan fingerprint density at radius 1 is 1.17 bits per heavy atom. The maximum atomic E-state index is 13.2. The number of hydrogen-bond donors (Lipinski definition) is 1. The van der Waals surface area contributed by atoms with Crippen LogP contribution in [0.4, 0.5) is 10.5 Å². The van der Waals surface area contributed by atoms with Gasteiger partial charge < -0.3 is 14.8 Å². The van der Waals surface area contributed by atoms with Gasteiger partial charge in [-0.2, -0.15) is 0 Å². The van der Waals surface area contributed by atoms with Crippen LogP contribution in [-0.4, -0.2) is 47.7 Å². The van der Waals surface area contributed by atoms with Crippen LogP contribution in [-0.2, 0) is 19.1 Å². The van der Waals surface area contributed by atoms with Gasteiger partial charge >= 0.3 is 12.1 Å². The number of carbonyl (C=O) groups excluding carboxylic acids is 3. The standard InChI is InChI=1S/C23H34N2O5/c1-7-29-19(26)14-17-11-12-25(22(28)30-23(4,5)6)18(13-17)21(27)24-20-15(2)9-8-10-16(20)3/h8-10,17-18H,7,11-14H2,1-6H3,(H,24,27)/t17?,18-/m0/s1. The van der Waals surface area contributed by atoms with E-state index >= 15 is 0 Å². The molecule has 7 nitrogen and oxygen atoms in total. The van der Waals surface area contributed by atoms with E-state index in [1.54, 1.807) is 27.7 Å². The second-order valence-electron chi connectivity index (χ2n) is 8.85. The van der Waals surface area contributed by atoms with Crippen LogP contribution < -0.4 is 5.32 Å². The Kier molecular flexibility index (Phi) is 7.87. The zero-order valence-corrected chi connectivity index (χ0v) is 18.9. The second kappa shape index (κ2) is 9.96. The number of aryl methyl sites for hydroxylation is 2. The summed E-state index contributed by atoms with van der Waals surface area (Å²) < 4.78 is 10.6. The predicted molar refractivity (Wildman–Crippen MR) is 115 cm³/mol. The summed E-state index contributed by atoms with van der Waals surface area (Å²) in [6.07, 6.45) is 0.724. The zero-order valence-electron chi connectivity index (χ0n) is 18.9. The Morgan fingerprint density at radius 2 is 1.80 bits per heavy atom. The van der Waals surface area contributed by atoms with E-state index in [2.05, 4.69) is 5.32 Å². The number of para-hydroxylation sites is 1. The van der Waals surface area contributed by atoms with E-state index in [-0.39, 0.29) is 24.2 Å². The van der Waals surface area contributed by atoms with Gasteiger partial charge in [-0.15, -0.1) is 0 Å². The minimum absolute atomic E-state index is 0.0311. The molecule has 166 valence electrons. The maximum Gasteiger partial charge on any atom is 0.410 e. The van der Waals surface area contributed by atoms with Crippen LogP contribution in [0.2, 0.25) is 0 Å². The highest BCUT2D eigenvalue weighted by atomic mass is 16.6. The summed E-state index contributed by atoms with van der Waals surface area (Å²) in [5.41, 5.74) is 1.99. The molecule has 0 bridgehead atoms. The molecule has 1 unspecified atom stereocenters. The van der Waals surface area contributed by atoms with E-state index in [9.17, 15) is 14.4 Å². The molecule has 1 N–H and O–H groups in total. The molecule has 0 aliphatic carbocycles. The molecule has 0 radical (unpaired) electrons. The fourth-order valence-corrected chi connectivity index (χ4v) is 3.69. The molecule has 1 aliphatic rings. The highest BCUT2D eigenvalue weighted by molar-refractivity contribution is 5.98. The molecule has 0 aromatic heterocycles. The normalized spacial score (nSPS) is 19.2. The number of hydrogen-bond acceptors (Lipinski definition) is 5. The van der Waals surface area contributed by atoms with Crippen molar-refractivity contribution < 1.29 is 23.9 Å². The largest absolute Gasteiger partial charge is 0.466 e. The van der Waals surface area contributed by atoms with Gasteiger partial charge in [0.15, 0.2) is 0 Å². The van der Waals surface area contributed by atoms with Crippen LogP contribution in [0.3, 0.4) is 0 Å². The van der Waals surface area contributed by atoms with Gasteiger partial charge in [-0.25, -0.2) is 4.79 Å². The molecule has 1 aliphatic heterocycles. The average molecular weight is 419 g/mol. The third-order valence-electron chi connectivity index (χ3n) is 5.13. The average Bonchev–Trinajstić information content (AvgIpc) is 2.63. The van der Waals surface area contributed by atoms with Crippen molar-refractivity contribution in [3.63, 3.8) is 0 Å². The van der Waals surface area contributed by atoms with Crippen molar-refractivity contribution in [2.75, 3.05) is 18.5 Å².